The number of hydrogen-bond acceptors (Lipinski definition) is 2. The number of nitrogens with zero attached hydrogens (tertiary/aromatic N) is 1. The molecule has 96 valence electrons. The van der Waals surface area contributed by atoms with Gasteiger partial charge in [-0.05, 0) is 35.9 Å². The Morgan fingerprint density at radius 3 is 2.84 bits per heavy atom. The average molecular weight is 277 g/mol. The van der Waals surface area contributed by atoms with Crippen LogP contribution in [0.3, 0.4) is 0 Å². The van der Waals surface area contributed by atoms with Crippen molar-refractivity contribution >= 4 is 29.4 Å². The summed E-state index contributed by atoms with van der Waals surface area (Å²) in [5, 5.41) is 2.84. The first-order valence-corrected chi connectivity index (χ1v) is 5.88. The molecule has 0 bridgehead atoms. The second kappa shape index (κ2) is 6.11. The lowest BCUT2D eigenvalue weighted by molar-refractivity contribution is -0.111. The molecule has 1 N–H and O–H groups in total. The second-order valence-electron chi connectivity index (χ2n) is 3.70. The van der Waals surface area contributed by atoms with Crippen molar-refractivity contribution in [3.8, 4) is 0 Å². The Bertz CT molecular complexity index is 614. The molecule has 2 aromatic rings. The summed E-state index contributed by atoms with van der Waals surface area (Å²) in [6.07, 6.45) is 4.41. The Balaban J connectivity index is 2.04. The van der Waals surface area contributed by atoms with E-state index in [1.165, 1.54) is 30.4 Å². The summed E-state index contributed by atoms with van der Waals surface area (Å²) in [6, 6.07) is 9.17. The maximum Gasteiger partial charge on any atom is 0.249 e. The quantitative estimate of drug-likeness (QED) is 0.872. The van der Waals surface area contributed by atoms with Gasteiger partial charge in [0, 0.05) is 12.3 Å². The Morgan fingerprint density at radius 2 is 2.16 bits per heavy atom. The first-order chi connectivity index (χ1) is 9.15. The molecule has 5 heteroatoms. The van der Waals surface area contributed by atoms with Crippen LogP contribution in [0.1, 0.15) is 5.56 Å². The molecule has 1 amide bonds. The normalized spacial score (nSPS) is 10.6. The summed E-state index contributed by atoms with van der Waals surface area (Å²) in [4.78, 5) is 15.6. The highest BCUT2D eigenvalue weighted by Crippen LogP contribution is 2.18. The number of amides is 1. The highest BCUT2D eigenvalue weighted by Gasteiger charge is 2.01. The number of carbonyl (C=O) groups excluding carboxylic acids is 1. The summed E-state index contributed by atoms with van der Waals surface area (Å²) < 4.78 is 12.8. The van der Waals surface area contributed by atoms with Gasteiger partial charge in [-0.15, -0.1) is 0 Å². The number of nitrogens with one attached hydrogen (secondary N) is 1. The van der Waals surface area contributed by atoms with E-state index < -0.39 is 5.82 Å². The maximum atomic E-state index is 12.8. The third-order valence-electron chi connectivity index (χ3n) is 2.29. The minimum Gasteiger partial charge on any atom is -0.307 e. The average Bonchev–Trinajstić information content (AvgIpc) is 2.39. The van der Waals surface area contributed by atoms with Crippen LogP contribution < -0.4 is 5.32 Å². The molecule has 0 fully saturated rings. The fourth-order valence-electron chi connectivity index (χ4n) is 1.41. The van der Waals surface area contributed by atoms with Crippen molar-refractivity contribution in [2.24, 2.45) is 0 Å². The molecule has 3 nitrogen and oxygen atoms in total. The summed E-state index contributed by atoms with van der Waals surface area (Å²) >= 11 is 5.84. The van der Waals surface area contributed by atoms with Crippen LogP contribution in [-0.2, 0) is 4.79 Å². The zero-order chi connectivity index (χ0) is 13.7. The van der Waals surface area contributed by atoms with Gasteiger partial charge in [0.2, 0.25) is 5.91 Å². The van der Waals surface area contributed by atoms with Gasteiger partial charge in [-0.25, -0.2) is 9.37 Å². The number of aromatic nitrogens is 1. The minimum atomic E-state index is -0.417. The van der Waals surface area contributed by atoms with E-state index in [1.807, 2.05) is 0 Å². The van der Waals surface area contributed by atoms with Crippen molar-refractivity contribution < 1.29 is 9.18 Å². The summed E-state index contributed by atoms with van der Waals surface area (Å²) in [7, 11) is 0. The van der Waals surface area contributed by atoms with Gasteiger partial charge in [0.15, 0.2) is 0 Å². The van der Waals surface area contributed by atoms with Crippen LogP contribution in [0.15, 0.2) is 48.7 Å². The molecule has 0 saturated carbocycles. The monoisotopic (exact) mass is 276 g/mol. The number of carbonyl (C=O) groups is 1. The molecular weight excluding hydrogens is 267 g/mol. The molecule has 0 unspecified atom stereocenters. The third-order valence-corrected chi connectivity index (χ3v) is 2.62. The fourth-order valence-corrected chi connectivity index (χ4v) is 1.64. The molecule has 1 aromatic carbocycles. The highest BCUT2D eigenvalue weighted by molar-refractivity contribution is 6.32. The number of hydrogen-bond donors (Lipinski definition) is 1. The van der Waals surface area contributed by atoms with Crippen molar-refractivity contribution in [2.45, 2.75) is 0 Å². The molecule has 19 heavy (non-hydrogen) atoms. The zero-order valence-electron chi connectivity index (χ0n) is 9.81. The second-order valence-corrected chi connectivity index (χ2v) is 4.11. The summed E-state index contributed by atoms with van der Waals surface area (Å²) in [6.45, 7) is 0. The SMILES string of the molecule is O=C(/C=C/c1ccc(F)cc1Cl)Nc1ccccn1. The first kappa shape index (κ1) is 13.2. The summed E-state index contributed by atoms with van der Waals surface area (Å²) in [5.74, 6) is -0.290. The topological polar surface area (TPSA) is 42.0 Å². The Hall–Kier alpha value is -2.20. The van der Waals surface area contributed by atoms with Gasteiger partial charge < -0.3 is 5.32 Å². The van der Waals surface area contributed by atoms with Crippen LogP contribution in [0.2, 0.25) is 5.02 Å². The van der Waals surface area contributed by atoms with Crippen LogP contribution in [-0.4, -0.2) is 10.9 Å². The molecule has 0 spiro atoms. The molecule has 0 radical (unpaired) electrons. The maximum absolute atomic E-state index is 12.8. The molecule has 2 rings (SSSR count). The van der Waals surface area contributed by atoms with E-state index in [2.05, 4.69) is 10.3 Å². The molecule has 0 saturated heterocycles. The third kappa shape index (κ3) is 3.89. The predicted octanol–water partition coefficient (Wildman–Crippen LogP) is 3.53. The molecule has 0 aliphatic carbocycles. The van der Waals surface area contributed by atoms with E-state index in [0.29, 0.717) is 11.4 Å². The van der Waals surface area contributed by atoms with E-state index in [-0.39, 0.29) is 10.9 Å². The lowest BCUT2D eigenvalue weighted by atomic mass is 10.2. The van der Waals surface area contributed by atoms with Gasteiger partial charge in [-0.1, -0.05) is 23.7 Å². The Labute approximate surface area is 114 Å². The van der Waals surface area contributed by atoms with E-state index in [1.54, 1.807) is 24.4 Å². The van der Waals surface area contributed by atoms with Crippen molar-refractivity contribution in [3.05, 3.63) is 65.1 Å². The van der Waals surface area contributed by atoms with Gasteiger partial charge in [0.25, 0.3) is 0 Å². The van der Waals surface area contributed by atoms with Gasteiger partial charge in [0.1, 0.15) is 11.6 Å². The van der Waals surface area contributed by atoms with Crippen LogP contribution in [0.25, 0.3) is 6.08 Å². The van der Waals surface area contributed by atoms with Crippen LogP contribution in [0, 0.1) is 5.82 Å². The van der Waals surface area contributed by atoms with E-state index in [4.69, 9.17) is 11.6 Å². The lowest BCUT2D eigenvalue weighted by Gasteiger charge is -2.00. The Morgan fingerprint density at radius 1 is 1.32 bits per heavy atom. The van der Waals surface area contributed by atoms with E-state index >= 15 is 0 Å². The van der Waals surface area contributed by atoms with Gasteiger partial charge in [-0.2, -0.15) is 0 Å². The van der Waals surface area contributed by atoms with E-state index in [9.17, 15) is 9.18 Å². The smallest absolute Gasteiger partial charge is 0.249 e. The minimum absolute atomic E-state index is 0.252. The zero-order valence-corrected chi connectivity index (χ0v) is 10.6. The number of pyridine rings is 1. The predicted molar refractivity (Wildman–Crippen MR) is 73.3 cm³/mol. The van der Waals surface area contributed by atoms with Gasteiger partial charge in [0.05, 0.1) is 5.02 Å². The number of benzene rings is 1. The Kier molecular flexibility index (Phi) is 4.26. The number of anilines is 1. The van der Waals surface area contributed by atoms with Crippen LogP contribution >= 0.6 is 11.6 Å². The molecule has 0 aliphatic rings. The number of rotatable bonds is 3. The fraction of sp³-hybridized carbons (Fsp3) is 0. The van der Waals surface area contributed by atoms with E-state index in [0.717, 1.165) is 0 Å². The highest BCUT2D eigenvalue weighted by atomic mass is 35.5. The molecule has 0 atom stereocenters. The molecule has 1 aromatic heterocycles. The molecule has 1 heterocycles. The van der Waals surface area contributed by atoms with Crippen molar-refractivity contribution in [2.75, 3.05) is 5.32 Å². The van der Waals surface area contributed by atoms with Crippen molar-refractivity contribution in [3.63, 3.8) is 0 Å². The first-order valence-electron chi connectivity index (χ1n) is 5.50. The lowest BCUT2D eigenvalue weighted by Crippen LogP contribution is -2.08. The number of halogens is 2. The van der Waals surface area contributed by atoms with Crippen molar-refractivity contribution in [1.82, 2.24) is 4.98 Å². The van der Waals surface area contributed by atoms with Crippen molar-refractivity contribution in [1.29, 1.82) is 0 Å². The van der Waals surface area contributed by atoms with Gasteiger partial charge in [-0.3, -0.25) is 4.79 Å². The van der Waals surface area contributed by atoms with Crippen LogP contribution in [0.4, 0.5) is 10.2 Å². The van der Waals surface area contributed by atoms with Crippen LogP contribution in [0.5, 0.6) is 0 Å². The van der Waals surface area contributed by atoms with Gasteiger partial charge >= 0.3 is 0 Å². The molecular formula is C14H10ClFN2O. The largest absolute Gasteiger partial charge is 0.307 e. The summed E-state index contributed by atoms with van der Waals surface area (Å²) in [5.41, 5.74) is 0.569. The standard InChI is InChI=1S/C14H10ClFN2O/c15-12-9-11(16)6-4-10(12)5-7-14(19)18-13-3-1-2-8-17-13/h1-9H,(H,17,18,19)/b7-5+. The molecule has 0 aliphatic heterocycles.